The summed E-state index contributed by atoms with van der Waals surface area (Å²) in [4.78, 5) is 22.4. The summed E-state index contributed by atoms with van der Waals surface area (Å²) in [5.74, 6) is 0.642. The van der Waals surface area contributed by atoms with Gasteiger partial charge in [0.2, 0.25) is 0 Å². The molecule has 24 heavy (non-hydrogen) atoms. The molecule has 0 radical (unpaired) electrons. The number of ether oxygens (including phenoxy) is 2. The Labute approximate surface area is 139 Å². The van der Waals surface area contributed by atoms with E-state index in [2.05, 4.69) is 9.97 Å². The van der Waals surface area contributed by atoms with Crippen molar-refractivity contribution in [3.8, 4) is 5.75 Å². The van der Waals surface area contributed by atoms with Crippen LogP contribution in [0.25, 0.3) is 0 Å². The zero-order valence-electron chi connectivity index (χ0n) is 13.3. The number of nitrogens with zero attached hydrogens (tertiary/aromatic N) is 3. The van der Waals surface area contributed by atoms with Crippen molar-refractivity contribution in [3.05, 3.63) is 53.9 Å². The van der Waals surface area contributed by atoms with E-state index in [1.807, 2.05) is 6.92 Å². The molecule has 1 amide bonds. The third-order valence-corrected chi connectivity index (χ3v) is 3.72. The lowest BCUT2D eigenvalue weighted by Gasteiger charge is -2.32. The molecule has 0 unspecified atom stereocenters. The molecular formula is C17H18FN3O3. The van der Waals surface area contributed by atoms with E-state index >= 15 is 0 Å². The van der Waals surface area contributed by atoms with Crippen LogP contribution in [0.2, 0.25) is 0 Å². The minimum absolute atomic E-state index is 0.0961. The van der Waals surface area contributed by atoms with Crippen molar-refractivity contribution in [2.24, 2.45) is 0 Å². The lowest BCUT2D eigenvalue weighted by atomic mass is 10.2. The Morgan fingerprint density at radius 2 is 2.17 bits per heavy atom. The second-order valence-electron chi connectivity index (χ2n) is 5.47. The van der Waals surface area contributed by atoms with Crippen LogP contribution in [-0.2, 0) is 9.53 Å². The molecule has 7 heteroatoms. The second-order valence-corrected chi connectivity index (χ2v) is 5.47. The first-order valence-corrected chi connectivity index (χ1v) is 7.69. The number of benzene rings is 1. The van der Waals surface area contributed by atoms with Gasteiger partial charge in [0.25, 0.3) is 5.91 Å². The molecule has 0 saturated carbocycles. The summed E-state index contributed by atoms with van der Waals surface area (Å²) in [7, 11) is 0. The Kier molecular flexibility index (Phi) is 5.00. The van der Waals surface area contributed by atoms with E-state index in [0.717, 1.165) is 5.69 Å². The van der Waals surface area contributed by atoms with Crippen LogP contribution in [0.1, 0.15) is 17.6 Å². The maximum absolute atomic E-state index is 12.9. The van der Waals surface area contributed by atoms with Crippen LogP contribution in [0.5, 0.6) is 5.75 Å². The van der Waals surface area contributed by atoms with Crippen molar-refractivity contribution in [2.75, 3.05) is 26.3 Å². The predicted octanol–water partition coefficient (Wildman–Crippen LogP) is 1.90. The van der Waals surface area contributed by atoms with Crippen LogP contribution in [0, 0.1) is 12.7 Å². The van der Waals surface area contributed by atoms with Crippen LogP contribution in [0.3, 0.4) is 0 Å². The van der Waals surface area contributed by atoms with Gasteiger partial charge < -0.3 is 14.4 Å². The van der Waals surface area contributed by atoms with Gasteiger partial charge in [-0.05, 0) is 37.3 Å². The number of hydrogen-bond acceptors (Lipinski definition) is 5. The van der Waals surface area contributed by atoms with Gasteiger partial charge in [-0.3, -0.25) is 4.79 Å². The number of aromatic nitrogens is 2. The molecule has 6 nitrogen and oxygen atoms in total. The molecule has 2 heterocycles. The summed E-state index contributed by atoms with van der Waals surface area (Å²) in [6.45, 7) is 3.08. The van der Waals surface area contributed by atoms with E-state index < -0.39 is 0 Å². The number of halogens is 1. The number of hydrogen-bond donors (Lipinski definition) is 0. The molecular weight excluding hydrogens is 313 g/mol. The van der Waals surface area contributed by atoms with Crippen molar-refractivity contribution in [1.29, 1.82) is 0 Å². The maximum Gasteiger partial charge on any atom is 0.260 e. The number of rotatable bonds is 4. The molecule has 2 aromatic rings. The van der Waals surface area contributed by atoms with E-state index in [-0.39, 0.29) is 24.4 Å². The quantitative estimate of drug-likeness (QED) is 0.856. The molecule has 0 aliphatic carbocycles. The van der Waals surface area contributed by atoms with Gasteiger partial charge in [0.15, 0.2) is 6.61 Å². The van der Waals surface area contributed by atoms with E-state index in [1.54, 1.807) is 17.2 Å². The van der Waals surface area contributed by atoms with Crippen LogP contribution in [0.15, 0.2) is 36.5 Å². The number of carbonyl (C=O) groups excluding carboxylic acids is 1. The first-order valence-electron chi connectivity index (χ1n) is 7.69. The Balaban J connectivity index is 1.57. The zero-order chi connectivity index (χ0) is 16.9. The smallest absolute Gasteiger partial charge is 0.260 e. The van der Waals surface area contributed by atoms with Crippen LogP contribution in [0.4, 0.5) is 4.39 Å². The predicted molar refractivity (Wildman–Crippen MR) is 83.9 cm³/mol. The molecule has 1 aromatic heterocycles. The summed E-state index contributed by atoms with van der Waals surface area (Å²) in [6, 6.07) is 7.37. The minimum atomic E-state index is -0.343. The lowest BCUT2D eigenvalue weighted by molar-refractivity contribution is -0.141. The topological polar surface area (TPSA) is 64.6 Å². The van der Waals surface area contributed by atoms with Crippen molar-refractivity contribution >= 4 is 5.91 Å². The molecule has 1 aromatic carbocycles. The van der Waals surface area contributed by atoms with Gasteiger partial charge in [-0.25, -0.2) is 14.4 Å². The van der Waals surface area contributed by atoms with Gasteiger partial charge in [-0.15, -0.1) is 0 Å². The highest BCUT2D eigenvalue weighted by Gasteiger charge is 2.26. The van der Waals surface area contributed by atoms with Crippen molar-refractivity contribution < 1.29 is 18.7 Å². The highest BCUT2D eigenvalue weighted by atomic mass is 19.1. The number of amides is 1. The second kappa shape index (κ2) is 7.35. The third-order valence-electron chi connectivity index (χ3n) is 3.72. The van der Waals surface area contributed by atoms with Gasteiger partial charge in [0.1, 0.15) is 23.5 Å². The van der Waals surface area contributed by atoms with Gasteiger partial charge in [-0.2, -0.15) is 0 Å². The maximum atomic E-state index is 12.9. The first-order chi connectivity index (χ1) is 11.6. The Morgan fingerprint density at radius 1 is 1.38 bits per heavy atom. The van der Waals surface area contributed by atoms with Crippen LogP contribution >= 0.6 is 0 Å². The van der Waals surface area contributed by atoms with Crippen LogP contribution in [-0.4, -0.2) is 47.1 Å². The highest BCUT2D eigenvalue weighted by molar-refractivity contribution is 5.77. The highest BCUT2D eigenvalue weighted by Crippen LogP contribution is 2.20. The van der Waals surface area contributed by atoms with Crippen molar-refractivity contribution in [1.82, 2.24) is 14.9 Å². The van der Waals surface area contributed by atoms with Gasteiger partial charge in [-0.1, -0.05) is 0 Å². The summed E-state index contributed by atoms with van der Waals surface area (Å²) in [6.07, 6.45) is 1.41. The van der Waals surface area contributed by atoms with E-state index in [4.69, 9.17) is 9.47 Å². The fraction of sp³-hybridized carbons (Fsp3) is 0.353. The molecule has 0 N–H and O–H groups in total. The molecule has 1 aliphatic heterocycles. The number of carbonyl (C=O) groups is 1. The monoisotopic (exact) mass is 331 g/mol. The van der Waals surface area contributed by atoms with E-state index in [0.29, 0.717) is 31.3 Å². The van der Waals surface area contributed by atoms with Crippen molar-refractivity contribution in [3.63, 3.8) is 0 Å². The average Bonchev–Trinajstić information content (AvgIpc) is 2.61. The Morgan fingerprint density at radius 3 is 2.92 bits per heavy atom. The minimum Gasteiger partial charge on any atom is -0.484 e. The van der Waals surface area contributed by atoms with Crippen LogP contribution < -0.4 is 4.74 Å². The summed E-state index contributed by atoms with van der Waals surface area (Å²) < 4.78 is 24.0. The Bertz CT molecular complexity index is 708. The fourth-order valence-corrected chi connectivity index (χ4v) is 2.48. The molecule has 3 rings (SSSR count). The molecule has 126 valence electrons. The lowest BCUT2D eigenvalue weighted by Crippen LogP contribution is -2.44. The average molecular weight is 331 g/mol. The zero-order valence-corrected chi connectivity index (χ0v) is 13.3. The normalized spacial score (nSPS) is 17.6. The van der Waals surface area contributed by atoms with Crippen molar-refractivity contribution in [2.45, 2.75) is 13.0 Å². The standard InChI is InChI=1S/C17H18FN3O3/c1-12-19-7-6-15(20-12)16-10-21(8-9-23-16)17(22)11-24-14-4-2-13(18)3-5-14/h2-7,16H,8-11H2,1H3/t16-/m0/s1. The fourth-order valence-electron chi connectivity index (χ4n) is 2.48. The van der Waals surface area contributed by atoms with Gasteiger partial charge in [0, 0.05) is 12.7 Å². The number of morpholine rings is 1. The Hall–Kier alpha value is -2.54. The summed E-state index contributed by atoms with van der Waals surface area (Å²) >= 11 is 0. The third kappa shape index (κ3) is 4.05. The molecule has 1 atom stereocenters. The molecule has 1 saturated heterocycles. The van der Waals surface area contributed by atoms with Gasteiger partial charge in [0.05, 0.1) is 18.8 Å². The first kappa shape index (κ1) is 16.3. The van der Waals surface area contributed by atoms with E-state index in [9.17, 15) is 9.18 Å². The SMILES string of the molecule is Cc1nccc([C@@H]2CN(C(=O)COc3ccc(F)cc3)CCO2)n1. The van der Waals surface area contributed by atoms with E-state index in [1.165, 1.54) is 24.3 Å². The molecule has 1 aliphatic rings. The molecule has 1 fully saturated rings. The molecule has 0 spiro atoms. The molecule has 0 bridgehead atoms. The number of aryl methyl sites for hydroxylation is 1. The largest absolute Gasteiger partial charge is 0.484 e. The van der Waals surface area contributed by atoms with Gasteiger partial charge >= 0.3 is 0 Å². The summed E-state index contributed by atoms with van der Waals surface area (Å²) in [5.41, 5.74) is 0.763. The summed E-state index contributed by atoms with van der Waals surface area (Å²) in [5, 5.41) is 0.